The molecule has 28 heavy (non-hydrogen) atoms. The molecule has 1 saturated heterocycles. The molecule has 0 radical (unpaired) electrons. The number of amides is 1. The molecule has 3 aromatic rings. The van der Waals surface area contributed by atoms with Gasteiger partial charge in [0.2, 0.25) is 5.91 Å². The fraction of sp³-hybridized carbons (Fsp3) is 0.238. The lowest BCUT2D eigenvalue weighted by molar-refractivity contribution is -0.118. The number of H-pyrrole nitrogens is 1. The van der Waals surface area contributed by atoms with E-state index in [1.165, 1.54) is 0 Å². The molecule has 2 heterocycles. The molecule has 1 aliphatic rings. The smallest absolute Gasteiger partial charge is 0.249 e. The summed E-state index contributed by atoms with van der Waals surface area (Å²) in [7, 11) is 1.60. The summed E-state index contributed by atoms with van der Waals surface area (Å²) in [4.78, 5) is 14.8. The first-order chi connectivity index (χ1) is 13.7. The SMILES string of the molecule is COc1cccc(N[C@H]2C(=O)N(c3ccc(-c4cn[nH]c4)cc3)C[C@@H]2CO)c1. The number of anilines is 2. The van der Waals surface area contributed by atoms with Crippen molar-refractivity contribution >= 4 is 17.3 Å². The standard InChI is InChI=1S/C21H22N4O3/c1-28-19-4-2-3-17(9-19)24-20-16(13-26)12-25(21(20)27)18-7-5-14(6-8-18)15-10-22-23-11-15/h2-11,16,20,24,26H,12-13H2,1H3,(H,22,23)/t16-,20-/m1/s1. The number of ether oxygens (including phenoxy) is 1. The zero-order valence-corrected chi connectivity index (χ0v) is 15.5. The molecule has 1 amide bonds. The zero-order chi connectivity index (χ0) is 19.5. The van der Waals surface area contributed by atoms with Gasteiger partial charge in [-0.3, -0.25) is 9.89 Å². The predicted octanol–water partition coefficient (Wildman–Crippen LogP) is 2.52. The Morgan fingerprint density at radius 2 is 2.07 bits per heavy atom. The van der Waals surface area contributed by atoms with E-state index in [9.17, 15) is 9.90 Å². The molecule has 2 atom stereocenters. The Kier molecular flexibility index (Phi) is 4.99. The van der Waals surface area contributed by atoms with Crippen molar-refractivity contribution in [1.82, 2.24) is 10.2 Å². The van der Waals surface area contributed by atoms with Crippen molar-refractivity contribution in [3.8, 4) is 16.9 Å². The number of hydrogen-bond donors (Lipinski definition) is 3. The van der Waals surface area contributed by atoms with Gasteiger partial charge in [-0.1, -0.05) is 18.2 Å². The van der Waals surface area contributed by atoms with Crippen LogP contribution in [0.25, 0.3) is 11.1 Å². The quantitative estimate of drug-likeness (QED) is 0.613. The van der Waals surface area contributed by atoms with Crippen LogP contribution in [0.2, 0.25) is 0 Å². The van der Waals surface area contributed by atoms with Crippen LogP contribution in [0.15, 0.2) is 60.9 Å². The van der Waals surface area contributed by atoms with Crippen molar-refractivity contribution in [2.24, 2.45) is 5.92 Å². The molecule has 4 rings (SSSR count). The minimum atomic E-state index is -0.495. The Balaban J connectivity index is 1.54. The molecule has 2 aromatic carbocycles. The molecule has 1 aliphatic heterocycles. The molecular formula is C21H22N4O3. The van der Waals surface area contributed by atoms with Crippen molar-refractivity contribution in [2.75, 3.05) is 30.5 Å². The van der Waals surface area contributed by atoms with Crippen LogP contribution in [0.1, 0.15) is 0 Å². The Hall–Kier alpha value is -3.32. The summed E-state index contributed by atoms with van der Waals surface area (Å²) < 4.78 is 5.24. The van der Waals surface area contributed by atoms with E-state index >= 15 is 0 Å². The highest BCUT2D eigenvalue weighted by Crippen LogP contribution is 2.30. The Bertz CT molecular complexity index is 941. The number of hydrogen-bond acceptors (Lipinski definition) is 5. The lowest BCUT2D eigenvalue weighted by atomic mass is 10.0. The number of aliphatic hydroxyl groups is 1. The van der Waals surface area contributed by atoms with Crippen LogP contribution in [0.3, 0.4) is 0 Å². The fourth-order valence-corrected chi connectivity index (χ4v) is 3.51. The largest absolute Gasteiger partial charge is 0.497 e. The third-order valence-corrected chi connectivity index (χ3v) is 5.06. The molecular weight excluding hydrogens is 356 g/mol. The fourth-order valence-electron chi connectivity index (χ4n) is 3.51. The van der Waals surface area contributed by atoms with E-state index in [4.69, 9.17) is 4.74 Å². The summed E-state index contributed by atoms with van der Waals surface area (Å²) in [5.41, 5.74) is 3.61. The molecule has 3 N–H and O–H groups in total. The zero-order valence-electron chi connectivity index (χ0n) is 15.5. The topological polar surface area (TPSA) is 90.5 Å². The second-order valence-corrected chi connectivity index (χ2v) is 6.78. The number of nitrogens with one attached hydrogen (secondary N) is 2. The molecule has 0 aliphatic carbocycles. The van der Waals surface area contributed by atoms with Gasteiger partial charge in [-0.05, 0) is 29.8 Å². The van der Waals surface area contributed by atoms with Crippen LogP contribution in [0, 0.1) is 5.92 Å². The van der Waals surface area contributed by atoms with Gasteiger partial charge in [0.15, 0.2) is 0 Å². The van der Waals surface area contributed by atoms with Crippen molar-refractivity contribution in [1.29, 1.82) is 0 Å². The minimum Gasteiger partial charge on any atom is -0.497 e. The summed E-state index contributed by atoms with van der Waals surface area (Å²) in [5, 5.41) is 19.8. The van der Waals surface area contributed by atoms with Gasteiger partial charge in [-0.2, -0.15) is 5.10 Å². The van der Waals surface area contributed by atoms with E-state index in [0.717, 1.165) is 22.5 Å². The Morgan fingerprint density at radius 3 is 2.75 bits per heavy atom. The molecule has 7 nitrogen and oxygen atoms in total. The number of carbonyl (C=O) groups excluding carboxylic acids is 1. The van der Waals surface area contributed by atoms with Crippen molar-refractivity contribution in [3.05, 3.63) is 60.9 Å². The van der Waals surface area contributed by atoms with E-state index in [2.05, 4.69) is 15.5 Å². The molecule has 0 unspecified atom stereocenters. The highest BCUT2D eigenvalue weighted by Gasteiger charge is 2.40. The third kappa shape index (κ3) is 3.44. The number of benzene rings is 2. The normalized spacial score (nSPS) is 19.1. The van der Waals surface area contributed by atoms with E-state index < -0.39 is 6.04 Å². The van der Waals surface area contributed by atoms with Crippen molar-refractivity contribution in [2.45, 2.75) is 6.04 Å². The number of carbonyl (C=O) groups is 1. The maximum Gasteiger partial charge on any atom is 0.249 e. The summed E-state index contributed by atoms with van der Waals surface area (Å²) in [6, 6.07) is 14.7. The van der Waals surface area contributed by atoms with Crippen LogP contribution >= 0.6 is 0 Å². The summed E-state index contributed by atoms with van der Waals surface area (Å²) in [5.74, 6) is 0.452. The average Bonchev–Trinajstić information content (AvgIpc) is 3.38. The molecule has 0 bridgehead atoms. The molecule has 0 saturated carbocycles. The first-order valence-electron chi connectivity index (χ1n) is 9.11. The van der Waals surface area contributed by atoms with Crippen molar-refractivity contribution < 1.29 is 14.6 Å². The van der Waals surface area contributed by atoms with E-state index in [1.807, 2.05) is 54.7 Å². The van der Waals surface area contributed by atoms with E-state index in [1.54, 1.807) is 18.2 Å². The van der Waals surface area contributed by atoms with Gasteiger partial charge < -0.3 is 20.1 Å². The van der Waals surface area contributed by atoms with Crippen molar-refractivity contribution in [3.63, 3.8) is 0 Å². The van der Waals surface area contributed by atoms with Gasteiger partial charge in [0.25, 0.3) is 0 Å². The maximum atomic E-state index is 13.1. The molecule has 7 heteroatoms. The average molecular weight is 378 g/mol. The van der Waals surface area contributed by atoms with Gasteiger partial charge in [-0.15, -0.1) is 0 Å². The third-order valence-electron chi connectivity index (χ3n) is 5.06. The van der Waals surface area contributed by atoms with E-state index in [0.29, 0.717) is 12.3 Å². The monoisotopic (exact) mass is 378 g/mol. The van der Waals surface area contributed by atoms with Crippen LogP contribution in [0.4, 0.5) is 11.4 Å². The number of rotatable bonds is 6. The Labute approximate surface area is 163 Å². The van der Waals surface area contributed by atoms with E-state index in [-0.39, 0.29) is 18.4 Å². The van der Waals surface area contributed by atoms with Crippen LogP contribution in [-0.2, 0) is 4.79 Å². The lowest BCUT2D eigenvalue weighted by Gasteiger charge is -2.19. The number of aromatic nitrogens is 2. The number of methoxy groups -OCH3 is 1. The van der Waals surface area contributed by atoms with Gasteiger partial charge in [0.05, 0.1) is 19.9 Å². The minimum absolute atomic E-state index is 0.0575. The first-order valence-corrected chi connectivity index (χ1v) is 9.11. The van der Waals surface area contributed by atoms with Crippen LogP contribution in [-0.4, -0.2) is 47.5 Å². The predicted molar refractivity (Wildman–Crippen MR) is 107 cm³/mol. The lowest BCUT2D eigenvalue weighted by Crippen LogP contribution is -2.36. The summed E-state index contributed by atoms with van der Waals surface area (Å²) in [6.45, 7) is 0.388. The second kappa shape index (κ2) is 7.74. The number of aliphatic hydroxyl groups excluding tert-OH is 1. The molecule has 144 valence electrons. The highest BCUT2D eigenvalue weighted by molar-refractivity contribution is 6.01. The number of nitrogens with zero attached hydrogens (tertiary/aromatic N) is 2. The highest BCUT2D eigenvalue weighted by atomic mass is 16.5. The van der Waals surface area contributed by atoms with Crippen LogP contribution in [0.5, 0.6) is 5.75 Å². The van der Waals surface area contributed by atoms with Gasteiger partial charge in [-0.25, -0.2) is 0 Å². The first kappa shape index (κ1) is 18.1. The van der Waals surface area contributed by atoms with Gasteiger partial charge in [0.1, 0.15) is 11.8 Å². The molecule has 1 aromatic heterocycles. The molecule has 0 spiro atoms. The Morgan fingerprint density at radius 1 is 1.25 bits per heavy atom. The van der Waals surface area contributed by atoms with Gasteiger partial charge >= 0.3 is 0 Å². The van der Waals surface area contributed by atoms with Crippen LogP contribution < -0.4 is 15.0 Å². The van der Waals surface area contributed by atoms with Gasteiger partial charge in [0, 0.05) is 41.7 Å². The second-order valence-electron chi connectivity index (χ2n) is 6.78. The summed E-state index contributed by atoms with van der Waals surface area (Å²) >= 11 is 0. The molecule has 1 fully saturated rings. The summed E-state index contributed by atoms with van der Waals surface area (Å²) in [6.07, 6.45) is 3.58. The maximum absolute atomic E-state index is 13.1. The number of aromatic amines is 1.